The maximum absolute atomic E-state index is 6.06. The van der Waals surface area contributed by atoms with Crippen molar-refractivity contribution in [3.05, 3.63) is 30.6 Å². The number of anilines is 1. The summed E-state index contributed by atoms with van der Waals surface area (Å²) in [6, 6.07) is 6.33. The minimum Gasteiger partial charge on any atom is -0.370 e. The van der Waals surface area contributed by atoms with Crippen molar-refractivity contribution in [1.29, 1.82) is 0 Å². The van der Waals surface area contributed by atoms with E-state index in [1.54, 1.807) is 6.20 Å². The molecule has 0 amide bonds. The van der Waals surface area contributed by atoms with Crippen LogP contribution in [0.3, 0.4) is 0 Å². The van der Waals surface area contributed by atoms with Crippen molar-refractivity contribution in [3.63, 3.8) is 0 Å². The molecule has 0 spiro atoms. The molecule has 0 radical (unpaired) electrons. The number of pyridine rings is 1. The Kier molecular flexibility index (Phi) is 2.29. The van der Waals surface area contributed by atoms with Crippen molar-refractivity contribution in [2.24, 2.45) is 11.7 Å². The zero-order valence-corrected chi connectivity index (χ0v) is 9.13. The molecule has 2 aromatic heterocycles. The lowest BCUT2D eigenvalue weighted by molar-refractivity contribution is 0.619. The summed E-state index contributed by atoms with van der Waals surface area (Å²) in [6.45, 7) is 0.835. The summed E-state index contributed by atoms with van der Waals surface area (Å²) in [6.07, 6.45) is 6.35. The predicted octanol–water partition coefficient (Wildman–Crippen LogP) is 1.48. The number of fused-ring (bicyclic) bond motifs is 1. The zero-order valence-electron chi connectivity index (χ0n) is 9.13. The Morgan fingerprint density at radius 1 is 1.50 bits per heavy atom. The molecule has 0 aromatic carbocycles. The SMILES string of the molecule is NC(CNc1cccc2nccn12)C1CC1. The van der Waals surface area contributed by atoms with Crippen molar-refractivity contribution >= 4 is 11.5 Å². The summed E-state index contributed by atoms with van der Waals surface area (Å²) in [5, 5.41) is 3.39. The van der Waals surface area contributed by atoms with Gasteiger partial charge >= 0.3 is 0 Å². The number of nitrogens with one attached hydrogen (secondary N) is 1. The van der Waals surface area contributed by atoms with E-state index in [2.05, 4.69) is 10.3 Å². The fourth-order valence-electron chi connectivity index (χ4n) is 2.01. The standard InChI is InChI=1S/C12H16N4/c13-10(9-4-5-9)8-15-12-3-1-2-11-14-6-7-16(11)12/h1-3,6-7,9-10,15H,4-5,8,13H2. The summed E-state index contributed by atoms with van der Waals surface area (Å²) >= 11 is 0. The Hall–Kier alpha value is -1.55. The summed E-state index contributed by atoms with van der Waals surface area (Å²) < 4.78 is 2.04. The van der Waals surface area contributed by atoms with E-state index in [-0.39, 0.29) is 6.04 Å². The van der Waals surface area contributed by atoms with Gasteiger partial charge in [0.1, 0.15) is 11.5 Å². The Morgan fingerprint density at radius 2 is 2.38 bits per heavy atom. The highest BCUT2D eigenvalue weighted by molar-refractivity contribution is 5.49. The highest BCUT2D eigenvalue weighted by atomic mass is 15.1. The molecule has 2 heterocycles. The number of rotatable bonds is 4. The van der Waals surface area contributed by atoms with Crippen LogP contribution in [-0.4, -0.2) is 22.0 Å². The molecule has 4 nitrogen and oxygen atoms in total. The lowest BCUT2D eigenvalue weighted by Crippen LogP contribution is -2.31. The molecule has 0 aliphatic heterocycles. The smallest absolute Gasteiger partial charge is 0.138 e. The number of nitrogens with zero attached hydrogens (tertiary/aromatic N) is 2. The number of hydrogen-bond donors (Lipinski definition) is 2. The third-order valence-corrected chi connectivity index (χ3v) is 3.17. The quantitative estimate of drug-likeness (QED) is 0.814. The topological polar surface area (TPSA) is 55.3 Å². The normalized spacial score (nSPS) is 17.6. The molecule has 1 unspecified atom stereocenters. The molecule has 4 heteroatoms. The summed E-state index contributed by atoms with van der Waals surface area (Å²) in [4.78, 5) is 4.25. The van der Waals surface area contributed by atoms with E-state index in [1.165, 1.54) is 12.8 Å². The molecule has 1 saturated carbocycles. The second-order valence-electron chi connectivity index (χ2n) is 4.45. The predicted molar refractivity (Wildman–Crippen MR) is 64.4 cm³/mol. The van der Waals surface area contributed by atoms with Crippen molar-refractivity contribution < 1.29 is 0 Å². The lowest BCUT2D eigenvalue weighted by atomic mass is 10.2. The zero-order chi connectivity index (χ0) is 11.0. The van der Waals surface area contributed by atoms with Crippen LogP contribution >= 0.6 is 0 Å². The average molecular weight is 216 g/mol. The first-order valence-electron chi connectivity index (χ1n) is 5.76. The Bertz CT molecular complexity index is 486. The molecule has 84 valence electrons. The van der Waals surface area contributed by atoms with Crippen LogP contribution in [0.25, 0.3) is 5.65 Å². The van der Waals surface area contributed by atoms with Crippen molar-refractivity contribution in [2.45, 2.75) is 18.9 Å². The molecule has 0 bridgehead atoms. The van der Waals surface area contributed by atoms with Gasteiger partial charge in [0.25, 0.3) is 0 Å². The van der Waals surface area contributed by atoms with Gasteiger partial charge in [0.15, 0.2) is 0 Å². The van der Waals surface area contributed by atoms with Crippen molar-refractivity contribution in [1.82, 2.24) is 9.38 Å². The van der Waals surface area contributed by atoms with E-state index in [0.29, 0.717) is 0 Å². The van der Waals surface area contributed by atoms with Gasteiger partial charge in [-0.25, -0.2) is 4.98 Å². The Labute approximate surface area is 94.5 Å². The molecular formula is C12H16N4. The van der Waals surface area contributed by atoms with Gasteiger partial charge < -0.3 is 11.1 Å². The molecule has 1 aliphatic carbocycles. The summed E-state index contributed by atoms with van der Waals surface area (Å²) in [7, 11) is 0. The van der Waals surface area contributed by atoms with E-state index in [9.17, 15) is 0 Å². The van der Waals surface area contributed by atoms with Gasteiger partial charge in [-0.3, -0.25) is 4.40 Å². The first kappa shape index (κ1) is 9.66. The third kappa shape index (κ3) is 1.76. The van der Waals surface area contributed by atoms with Gasteiger partial charge in [0.05, 0.1) is 0 Å². The van der Waals surface area contributed by atoms with Gasteiger partial charge in [-0.15, -0.1) is 0 Å². The molecule has 1 aliphatic rings. The van der Waals surface area contributed by atoms with Crippen LogP contribution in [0.1, 0.15) is 12.8 Å². The summed E-state index contributed by atoms with van der Waals surface area (Å²) in [5.41, 5.74) is 7.02. The fraction of sp³-hybridized carbons (Fsp3) is 0.417. The van der Waals surface area contributed by atoms with E-state index in [0.717, 1.165) is 23.9 Å². The van der Waals surface area contributed by atoms with Crippen LogP contribution in [0.4, 0.5) is 5.82 Å². The minimum atomic E-state index is 0.277. The molecule has 3 rings (SSSR count). The van der Waals surface area contributed by atoms with E-state index >= 15 is 0 Å². The summed E-state index contributed by atoms with van der Waals surface area (Å²) in [5.74, 6) is 1.79. The second kappa shape index (κ2) is 3.79. The van der Waals surface area contributed by atoms with Crippen LogP contribution in [-0.2, 0) is 0 Å². The molecular weight excluding hydrogens is 200 g/mol. The van der Waals surface area contributed by atoms with Crippen LogP contribution < -0.4 is 11.1 Å². The highest BCUT2D eigenvalue weighted by Gasteiger charge is 2.28. The van der Waals surface area contributed by atoms with Crippen LogP contribution in [0, 0.1) is 5.92 Å². The van der Waals surface area contributed by atoms with E-state index < -0.39 is 0 Å². The van der Waals surface area contributed by atoms with Crippen molar-refractivity contribution in [2.75, 3.05) is 11.9 Å². The number of nitrogens with two attached hydrogens (primary N) is 1. The number of aromatic nitrogens is 2. The van der Waals surface area contributed by atoms with E-state index in [4.69, 9.17) is 5.73 Å². The van der Waals surface area contributed by atoms with Gasteiger partial charge in [-0.1, -0.05) is 6.07 Å². The first-order chi connectivity index (χ1) is 7.84. The molecule has 2 aromatic rings. The fourth-order valence-corrected chi connectivity index (χ4v) is 2.01. The molecule has 3 N–H and O–H groups in total. The maximum Gasteiger partial charge on any atom is 0.138 e. The molecule has 1 fully saturated rings. The van der Waals surface area contributed by atoms with Gasteiger partial charge in [0, 0.05) is 25.0 Å². The molecule has 16 heavy (non-hydrogen) atoms. The largest absolute Gasteiger partial charge is 0.370 e. The van der Waals surface area contributed by atoms with Gasteiger partial charge in [-0.2, -0.15) is 0 Å². The third-order valence-electron chi connectivity index (χ3n) is 3.17. The van der Waals surface area contributed by atoms with Crippen molar-refractivity contribution in [3.8, 4) is 0 Å². The molecule has 0 saturated heterocycles. The average Bonchev–Trinajstić information content (AvgIpc) is 3.04. The van der Waals surface area contributed by atoms with Gasteiger partial charge in [-0.05, 0) is 30.9 Å². The monoisotopic (exact) mass is 216 g/mol. The number of imidazole rings is 1. The van der Waals surface area contributed by atoms with Crippen LogP contribution in [0.2, 0.25) is 0 Å². The Balaban J connectivity index is 1.75. The van der Waals surface area contributed by atoms with Crippen LogP contribution in [0.15, 0.2) is 30.6 Å². The maximum atomic E-state index is 6.06. The Morgan fingerprint density at radius 3 is 3.19 bits per heavy atom. The first-order valence-corrected chi connectivity index (χ1v) is 5.76. The van der Waals surface area contributed by atoms with Crippen LogP contribution in [0.5, 0.6) is 0 Å². The minimum absolute atomic E-state index is 0.277. The second-order valence-corrected chi connectivity index (χ2v) is 4.45. The van der Waals surface area contributed by atoms with Gasteiger partial charge in [0.2, 0.25) is 0 Å². The highest BCUT2D eigenvalue weighted by Crippen LogP contribution is 2.31. The number of hydrogen-bond acceptors (Lipinski definition) is 3. The lowest BCUT2D eigenvalue weighted by Gasteiger charge is -2.13. The van der Waals surface area contributed by atoms with E-state index in [1.807, 2.05) is 28.8 Å². The molecule has 1 atom stereocenters.